The van der Waals surface area contributed by atoms with Crippen molar-refractivity contribution in [3.8, 4) is 39.3 Å². The minimum absolute atomic E-state index is 0.469. The van der Waals surface area contributed by atoms with Crippen LogP contribution >= 0.6 is 11.6 Å². The van der Waals surface area contributed by atoms with Gasteiger partial charge < -0.3 is 9.84 Å². The van der Waals surface area contributed by atoms with E-state index in [1.54, 1.807) is 7.11 Å². The zero-order chi connectivity index (χ0) is 29.9. The number of carboxylic acids is 1. The molecular formula is C38H34ClNO3. The largest absolute Gasteiger partial charge is 0.497 e. The van der Waals surface area contributed by atoms with Gasteiger partial charge >= 0.3 is 5.97 Å². The fourth-order valence-electron chi connectivity index (χ4n) is 6.28. The van der Waals surface area contributed by atoms with E-state index >= 15 is 0 Å². The van der Waals surface area contributed by atoms with Gasteiger partial charge in [-0.15, -0.1) is 0 Å². The van der Waals surface area contributed by atoms with Gasteiger partial charge in [0, 0.05) is 22.0 Å². The Morgan fingerprint density at radius 3 is 2.33 bits per heavy atom. The van der Waals surface area contributed by atoms with E-state index in [0.717, 1.165) is 68.6 Å². The lowest BCUT2D eigenvalue weighted by Gasteiger charge is -2.25. The molecule has 4 aromatic carbocycles. The van der Waals surface area contributed by atoms with Crippen LogP contribution in [0, 0.1) is 0 Å². The molecule has 0 atom stereocenters. The molecule has 43 heavy (non-hydrogen) atoms. The maximum Gasteiger partial charge on any atom is 0.328 e. The fourth-order valence-corrected chi connectivity index (χ4v) is 6.40. The van der Waals surface area contributed by atoms with Gasteiger partial charge in [0.1, 0.15) is 5.75 Å². The number of aromatic nitrogens is 1. The number of aliphatic carboxylic acids is 1. The summed E-state index contributed by atoms with van der Waals surface area (Å²) in [6.45, 7) is 1.87. The molecule has 1 aliphatic rings. The Labute approximate surface area is 257 Å². The van der Waals surface area contributed by atoms with E-state index in [0.29, 0.717) is 10.9 Å². The van der Waals surface area contributed by atoms with E-state index in [4.69, 9.17) is 21.3 Å². The molecule has 4 nitrogen and oxygen atoms in total. The number of methoxy groups -OCH3 is 1. The van der Waals surface area contributed by atoms with Crippen molar-refractivity contribution in [2.75, 3.05) is 7.11 Å². The molecule has 0 spiro atoms. The van der Waals surface area contributed by atoms with Crippen LogP contribution in [0.15, 0.2) is 97.1 Å². The monoisotopic (exact) mass is 587 g/mol. The number of hydrogen-bond donors (Lipinski definition) is 1. The van der Waals surface area contributed by atoms with Crippen LogP contribution in [0.3, 0.4) is 0 Å². The molecule has 0 unspecified atom stereocenters. The average molecular weight is 588 g/mol. The normalized spacial score (nSPS) is 14.2. The van der Waals surface area contributed by atoms with E-state index in [9.17, 15) is 9.90 Å². The second-order valence-corrected chi connectivity index (χ2v) is 11.8. The summed E-state index contributed by atoms with van der Waals surface area (Å²) >= 11 is 6.16. The molecule has 0 aliphatic heterocycles. The maximum atomic E-state index is 11.3. The number of hydrogen-bond acceptors (Lipinski definition) is 3. The third-order valence-corrected chi connectivity index (χ3v) is 8.80. The molecule has 5 aromatic rings. The van der Waals surface area contributed by atoms with Crippen LogP contribution in [0.4, 0.5) is 0 Å². The highest BCUT2D eigenvalue weighted by atomic mass is 35.5. The van der Waals surface area contributed by atoms with Crippen LogP contribution in [-0.4, -0.2) is 23.2 Å². The molecule has 6 rings (SSSR count). The molecule has 1 saturated carbocycles. The van der Waals surface area contributed by atoms with E-state index in [1.807, 2.05) is 49.4 Å². The first kappa shape index (κ1) is 28.7. The predicted molar refractivity (Wildman–Crippen MR) is 177 cm³/mol. The maximum absolute atomic E-state index is 11.3. The van der Waals surface area contributed by atoms with Gasteiger partial charge in [0.2, 0.25) is 0 Å². The first-order valence-electron chi connectivity index (χ1n) is 14.8. The number of halogens is 1. The number of pyridine rings is 1. The Bertz CT molecular complexity index is 1840. The number of fused-ring (bicyclic) bond motifs is 1. The zero-order valence-electron chi connectivity index (χ0n) is 24.4. The van der Waals surface area contributed by atoms with Gasteiger partial charge in [-0.25, -0.2) is 9.78 Å². The van der Waals surface area contributed by atoms with Crippen molar-refractivity contribution in [3.05, 3.63) is 113 Å². The summed E-state index contributed by atoms with van der Waals surface area (Å²) in [7, 11) is 1.67. The summed E-state index contributed by atoms with van der Waals surface area (Å²) in [5.41, 5.74) is 10.3. The van der Waals surface area contributed by atoms with Crippen molar-refractivity contribution in [3.63, 3.8) is 0 Å². The van der Waals surface area contributed by atoms with Gasteiger partial charge in [0.15, 0.2) is 0 Å². The van der Waals surface area contributed by atoms with Crippen LogP contribution in [0.2, 0.25) is 5.02 Å². The van der Waals surface area contributed by atoms with Crippen LogP contribution < -0.4 is 4.74 Å². The molecule has 216 valence electrons. The van der Waals surface area contributed by atoms with E-state index < -0.39 is 5.97 Å². The lowest BCUT2D eigenvalue weighted by Crippen LogP contribution is -2.07. The Morgan fingerprint density at radius 1 is 0.837 bits per heavy atom. The minimum Gasteiger partial charge on any atom is -0.497 e. The number of allylic oxidation sites excluding steroid dienone is 1. The third kappa shape index (κ3) is 6.21. The first-order chi connectivity index (χ1) is 20.9. The van der Waals surface area contributed by atoms with Gasteiger partial charge in [0.05, 0.1) is 18.3 Å². The van der Waals surface area contributed by atoms with Crippen molar-refractivity contribution in [2.24, 2.45) is 0 Å². The lowest BCUT2D eigenvalue weighted by atomic mass is 9.79. The topological polar surface area (TPSA) is 59.4 Å². The summed E-state index contributed by atoms with van der Waals surface area (Å²) in [4.78, 5) is 16.4. The second kappa shape index (κ2) is 12.4. The molecule has 1 fully saturated rings. The second-order valence-electron chi connectivity index (χ2n) is 11.3. The quantitative estimate of drug-likeness (QED) is 0.192. The van der Waals surface area contributed by atoms with Crippen LogP contribution in [0.1, 0.15) is 56.1 Å². The van der Waals surface area contributed by atoms with Crippen LogP contribution in [-0.2, 0) is 4.79 Å². The fraction of sp³-hybridized carbons (Fsp3) is 0.211. The number of ether oxygens (including phenoxy) is 1. The Hall–Kier alpha value is -4.41. The first-order valence-corrected chi connectivity index (χ1v) is 15.2. The van der Waals surface area contributed by atoms with E-state index in [1.165, 1.54) is 36.5 Å². The molecular weight excluding hydrogens is 554 g/mol. The van der Waals surface area contributed by atoms with Crippen LogP contribution in [0.25, 0.3) is 50.0 Å². The third-order valence-electron chi connectivity index (χ3n) is 8.55. The molecule has 0 bridgehead atoms. The highest BCUT2D eigenvalue weighted by molar-refractivity contribution is 6.30. The minimum atomic E-state index is -0.920. The predicted octanol–water partition coefficient (Wildman–Crippen LogP) is 10.4. The number of carbonyl (C=O) groups is 1. The number of carboxylic acid groups (broad SMARTS) is 1. The summed E-state index contributed by atoms with van der Waals surface area (Å²) in [6, 6.07) is 31.0. The van der Waals surface area contributed by atoms with Gasteiger partial charge in [-0.2, -0.15) is 0 Å². The molecule has 0 amide bonds. The summed E-state index contributed by atoms with van der Waals surface area (Å²) < 4.78 is 5.56. The zero-order valence-corrected chi connectivity index (χ0v) is 25.2. The summed E-state index contributed by atoms with van der Waals surface area (Å²) in [5, 5.41) is 11.1. The van der Waals surface area contributed by atoms with Gasteiger partial charge in [0.25, 0.3) is 0 Å². The number of nitrogens with zero attached hydrogens (tertiary/aromatic N) is 1. The Kier molecular flexibility index (Phi) is 8.31. The van der Waals surface area contributed by atoms with E-state index in [-0.39, 0.29) is 0 Å². The molecule has 1 aliphatic carbocycles. The lowest BCUT2D eigenvalue weighted by molar-refractivity contribution is -0.131. The SMILES string of the molecule is COc1ccc(-c2ccc(Cl)cc2)c(-c2ccc3cc(-c4ccc(/C(C)=C/C(=O)O)cc4C4CCCCC4)ccc3n2)c1. The summed E-state index contributed by atoms with van der Waals surface area (Å²) in [5.74, 6) is 0.324. The Balaban J connectivity index is 1.41. The van der Waals surface area contributed by atoms with Crippen molar-refractivity contribution in [1.29, 1.82) is 0 Å². The molecule has 1 N–H and O–H groups in total. The van der Waals surface area contributed by atoms with Crippen molar-refractivity contribution in [2.45, 2.75) is 44.9 Å². The van der Waals surface area contributed by atoms with Crippen LogP contribution in [0.5, 0.6) is 5.75 Å². The molecule has 1 aromatic heterocycles. The highest BCUT2D eigenvalue weighted by Gasteiger charge is 2.21. The van der Waals surface area contributed by atoms with Crippen molar-refractivity contribution < 1.29 is 14.6 Å². The molecule has 0 radical (unpaired) electrons. The molecule has 1 heterocycles. The van der Waals surface area contributed by atoms with E-state index in [2.05, 4.69) is 48.5 Å². The number of benzene rings is 4. The highest BCUT2D eigenvalue weighted by Crippen LogP contribution is 2.41. The standard InChI is InChI=1S/C38H34ClNO3/c1-24(20-38(41)42)27-10-16-33(34(22-27)25-6-4-3-5-7-25)28-11-18-36-29(21-28)12-19-37(40-36)35-23-31(43-2)15-17-32(35)26-8-13-30(39)14-9-26/h8-23,25H,3-7H2,1-2H3,(H,41,42)/b24-20+. The van der Waals surface area contributed by atoms with Gasteiger partial charge in [-0.05, 0) is 107 Å². The van der Waals surface area contributed by atoms with Crippen molar-refractivity contribution >= 4 is 34.0 Å². The van der Waals surface area contributed by atoms with Gasteiger partial charge in [-0.1, -0.05) is 79.4 Å². The van der Waals surface area contributed by atoms with Gasteiger partial charge in [-0.3, -0.25) is 0 Å². The average Bonchev–Trinajstić information content (AvgIpc) is 3.04. The van der Waals surface area contributed by atoms with Crippen molar-refractivity contribution in [1.82, 2.24) is 4.98 Å². The Morgan fingerprint density at radius 2 is 1.58 bits per heavy atom. The number of rotatable bonds is 7. The molecule has 0 saturated heterocycles. The smallest absolute Gasteiger partial charge is 0.328 e. The molecule has 5 heteroatoms. The summed E-state index contributed by atoms with van der Waals surface area (Å²) in [6.07, 6.45) is 7.34.